The van der Waals surface area contributed by atoms with Crippen molar-refractivity contribution in [1.29, 1.82) is 0 Å². The monoisotopic (exact) mass is 97.1 g/mol. The molecule has 0 spiro atoms. The van der Waals surface area contributed by atoms with Gasteiger partial charge in [-0.05, 0) is 19.3 Å². The third-order valence-corrected chi connectivity index (χ3v) is 1.54. The fourth-order valence-corrected chi connectivity index (χ4v) is 0.939. The Kier molecular flexibility index (Phi) is 1.15. The van der Waals surface area contributed by atoms with Gasteiger partial charge in [-0.3, -0.25) is 0 Å². The molecular formula is C6H11N. The van der Waals surface area contributed by atoms with E-state index in [1.54, 1.807) is 0 Å². The Labute approximate surface area is 44.2 Å². The van der Waals surface area contributed by atoms with Crippen molar-refractivity contribution in [2.75, 3.05) is 0 Å². The van der Waals surface area contributed by atoms with E-state index in [2.05, 4.69) is 6.58 Å². The van der Waals surface area contributed by atoms with Crippen LogP contribution in [0.4, 0.5) is 0 Å². The van der Waals surface area contributed by atoms with Crippen molar-refractivity contribution in [3.63, 3.8) is 0 Å². The molecule has 1 rings (SSSR count). The van der Waals surface area contributed by atoms with Crippen molar-refractivity contribution in [1.82, 2.24) is 0 Å². The smallest absolute Gasteiger partial charge is 0.0251 e. The molecule has 0 radical (unpaired) electrons. The quantitative estimate of drug-likeness (QED) is 0.449. The fraction of sp³-hybridized carbons (Fsp3) is 0.667. The Balaban J connectivity index is 2.48. The average molecular weight is 97.2 g/mol. The van der Waals surface area contributed by atoms with E-state index in [4.69, 9.17) is 5.73 Å². The lowest BCUT2D eigenvalue weighted by molar-refractivity contribution is 0.774. The summed E-state index contributed by atoms with van der Waals surface area (Å²) < 4.78 is 0. The molecule has 40 valence electrons. The van der Waals surface area contributed by atoms with Gasteiger partial charge in [0.2, 0.25) is 0 Å². The SMILES string of the molecule is C=C1CCC[C@@H]1N. The summed E-state index contributed by atoms with van der Waals surface area (Å²) in [5.41, 5.74) is 6.81. The minimum atomic E-state index is 0.319. The van der Waals surface area contributed by atoms with Crippen LogP contribution in [0.1, 0.15) is 19.3 Å². The second-order valence-electron chi connectivity index (χ2n) is 2.16. The van der Waals surface area contributed by atoms with Gasteiger partial charge in [-0.1, -0.05) is 12.2 Å². The summed E-state index contributed by atoms with van der Waals surface area (Å²) in [6.45, 7) is 3.81. The van der Waals surface area contributed by atoms with Crippen LogP contribution in [-0.2, 0) is 0 Å². The van der Waals surface area contributed by atoms with E-state index in [9.17, 15) is 0 Å². The lowest BCUT2D eigenvalue weighted by Gasteiger charge is -1.98. The third kappa shape index (κ3) is 0.829. The summed E-state index contributed by atoms with van der Waals surface area (Å²) in [5, 5.41) is 0. The average Bonchev–Trinajstić information content (AvgIpc) is 1.91. The minimum Gasteiger partial charge on any atom is -0.324 e. The Morgan fingerprint density at radius 3 is 2.57 bits per heavy atom. The van der Waals surface area contributed by atoms with Crippen molar-refractivity contribution in [3.05, 3.63) is 12.2 Å². The van der Waals surface area contributed by atoms with Crippen molar-refractivity contribution >= 4 is 0 Å². The molecule has 1 fully saturated rings. The van der Waals surface area contributed by atoms with Crippen molar-refractivity contribution in [2.24, 2.45) is 5.73 Å². The maximum absolute atomic E-state index is 5.58. The molecule has 2 N–H and O–H groups in total. The predicted octanol–water partition coefficient (Wildman–Crippen LogP) is 1.05. The molecule has 0 heterocycles. The maximum atomic E-state index is 5.58. The lowest BCUT2D eigenvalue weighted by atomic mass is 10.2. The van der Waals surface area contributed by atoms with E-state index in [1.807, 2.05) is 0 Å². The van der Waals surface area contributed by atoms with E-state index in [-0.39, 0.29) is 0 Å². The first-order valence-corrected chi connectivity index (χ1v) is 2.74. The zero-order valence-corrected chi connectivity index (χ0v) is 4.48. The Morgan fingerprint density at radius 1 is 1.71 bits per heavy atom. The van der Waals surface area contributed by atoms with Gasteiger partial charge in [-0.2, -0.15) is 0 Å². The number of hydrogen-bond donors (Lipinski definition) is 1. The van der Waals surface area contributed by atoms with Gasteiger partial charge in [-0.15, -0.1) is 0 Å². The molecule has 1 aliphatic rings. The molecule has 0 aliphatic heterocycles. The van der Waals surface area contributed by atoms with Crippen LogP contribution in [0.3, 0.4) is 0 Å². The first kappa shape index (κ1) is 4.85. The highest BCUT2D eigenvalue weighted by molar-refractivity contribution is 5.08. The number of hydrogen-bond acceptors (Lipinski definition) is 1. The first-order valence-electron chi connectivity index (χ1n) is 2.74. The van der Waals surface area contributed by atoms with Crippen molar-refractivity contribution in [2.45, 2.75) is 25.3 Å². The molecule has 0 bridgehead atoms. The van der Waals surface area contributed by atoms with Crippen LogP contribution in [0.25, 0.3) is 0 Å². The summed E-state index contributed by atoms with van der Waals surface area (Å²) >= 11 is 0. The highest BCUT2D eigenvalue weighted by atomic mass is 14.6. The molecule has 1 atom stereocenters. The van der Waals surface area contributed by atoms with E-state index >= 15 is 0 Å². The van der Waals surface area contributed by atoms with Crippen molar-refractivity contribution < 1.29 is 0 Å². The summed E-state index contributed by atoms with van der Waals surface area (Å²) in [6.07, 6.45) is 3.56. The summed E-state index contributed by atoms with van der Waals surface area (Å²) in [6, 6.07) is 0.319. The van der Waals surface area contributed by atoms with Crippen LogP contribution in [0, 0.1) is 0 Å². The van der Waals surface area contributed by atoms with Crippen molar-refractivity contribution in [3.8, 4) is 0 Å². The molecule has 7 heavy (non-hydrogen) atoms. The standard InChI is InChI=1S/C6H11N/c1-5-3-2-4-6(5)7/h6H,1-4,7H2/t6-/m0/s1. The zero-order valence-electron chi connectivity index (χ0n) is 4.48. The van der Waals surface area contributed by atoms with Gasteiger partial charge in [0, 0.05) is 6.04 Å². The van der Waals surface area contributed by atoms with E-state index in [0.717, 1.165) is 12.8 Å². The largest absolute Gasteiger partial charge is 0.324 e. The van der Waals surface area contributed by atoms with Gasteiger partial charge in [0.1, 0.15) is 0 Å². The molecule has 1 aliphatic carbocycles. The number of nitrogens with two attached hydrogens (primary N) is 1. The van der Waals surface area contributed by atoms with Crippen LogP contribution in [0.15, 0.2) is 12.2 Å². The summed E-state index contributed by atoms with van der Waals surface area (Å²) in [7, 11) is 0. The van der Waals surface area contributed by atoms with Gasteiger partial charge in [-0.25, -0.2) is 0 Å². The van der Waals surface area contributed by atoms with Crippen LogP contribution in [-0.4, -0.2) is 6.04 Å². The van der Waals surface area contributed by atoms with E-state index in [0.29, 0.717) is 6.04 Å². The maximum Gasteiger partial charge on any atom is 0.0251 e. The molecule has 1 heteroatoms. The Morgan fingerprint density at radius 2 is 2.43 bits per heavy atom. The Hall–Kier alpha value is -0.300. The van der Waals surface area contributed by atoms with Crippen LogP contribution >= 0.6 is 0 Å². The normalized spacial score (nSPS) is 31.6. The zero-order chi connectivity index (χ0) is 5.28. The van der Waals surface area contributed by atoms with E-state index < -0.39 is 0 Å². The molecular weight excluding hydrogens is 86.1 g/mol. The summed E-state index contributed by atoms with van der Waals surface area (Å²) in [4.78, 5) is 0. The molecule has 0 unspecified atom stereocenters. The first-order chi connectivity index (χ1) is 3.30. The lowest BCUT2D eigenvalue weighted by Crippen LogP contribution is -2.15. The second-order valence-corrected chi connectivity index (χ2v) is 2.16. The van der Waals surface area contributed by atoms with Crippen LogP contribution in [0.2, 0.25) is 0 Å². The van der Waals surface area contributed by atoms with Gasteiger partial charge in [0.25, 0.3) is 0 Å². The third-order valence-electron chi connectivity index (χ3n) is 1.54. The molecule has 1 saturated carbocycles. The molecule has 1 nitrogen and oxygen atoms in total. The molecule has 0 saturated heterocycles. The van der Waals surface area contributed by atoms with Crippen LogP contribution < -0.4 is 5.73 Å². The fourth-order valence-electron chi connectivity index (χ4n) is 0.939. The van der Waals surface area contributed by atoms with Gasteiger partial charge in [0.05, 0.1) is 0 Å². The molecule has 0 aromatic carbocycles. The van der Waals surface area contributed by atoms with Gasteiger partial charge in [0.15, 0.2) is 0 Å². The van der Waals surface area contributed by atoms with Crippen LogP contribution in [0.5, 0.6) is 0 Å². The number of rotatable bonds is 0. The predicted molar refractivity (Wildman–Crippen MR) is 31.0 cm³/mol. The molecule has 0 amide bonds. The topological polar surface area (TPSA) is 26.0 Å². The highest BCUT2D eigenvalue weighted by Crippen LogP contribution is 2.20. The minimum absolute atomic E-state index is 0.319. The summed E-state index contributed by atoms with van der Waals surface area (Å²) in [5.74, 6) is 0. The second kappa shape index (κ2) is 1.66. The Bertz CT molecular complexity index is 86.2. The highest BCUT2D eigenvalue weighted by Gasteiger charge is 2.12. The van der Waals surface area contributed by atoms with Gasteiger partial charge >= 0.3 is 0 Å². The van der Waals surface area contributed by atoms with Gasteiger partial charge < -0.3 is 5.73 Å². The molecule has 0 aromatic rings. The van der Waals surface area contributed by atoms with E-state index in [1.165, 1.54) is 12.0 Å². The molecule has 0 aromatic heterocycles.